The summed E-state index contributed by atoms with van der Waals surface area (Å²) < 4.78 is 42.5. The van der Waals surface area contributed by atoms with Crippen LogP contribution in [0.25, 0.3) is 0 Å². The molecule has 5 aliphatic rings. The van der Waals surface area contributed by atoms with Gasteiger partial charge in [0.2, 0.25) is 0 Å². The average Bonchev–Trinajstić information content (AvgIpc) is 3.70. The normalized spacial score (nSPS) is 46.5. The Hall–Kier alpha value is -1.81. The van der Waals surface area contributed by atoms with Crippen LogP contribution in [0.1, 0.15) is 65.4 Å². The van der Waals surface area contributed by atoms with Gasteiger partial charge in [-0.2, -0.15) is 8.42 Å². The first-order valence-corrected chi connectivity index (χ1v) is 15.6. The number of esters is 1. The van der Waals surface area contributed by atoms with Crippen LogP contribution >= 0.6 is 0 Å². The van der Waals surface area contributed by atoms with Crippen LogP contribution in [0.5, 0.6) is 0 Å². The summed E-state index contributed by atoms with van der Waals surface area (Å²) in [5.74, 6) is -0.385. The Balaban J connectivity index is 1.32. The van der Waals surface area contributed by atoms with Gasteiger partial charge in [-0.3, -0.25) is 8.98 Å². The molecule has 4 aliphatic carbocycles. The zero-order valence-electron chi connectivity index (χ0n) is 23.4. The van der Waals surface area contributed by atoms with Crippen LogP contribution in [0.4, 0.5) is 0 Å². The monoisotopic (exact) mass is 560 g/mol. The van der Waals surface area contributed by atoms with E-state index in [2.05, 4.69) is 20.8 Å². The first-order valence-electron chi connectivity index (χ1n) is 14.2. The molecule has 4 saturated carbocycles. The van der Waals surface area contributed by atoms with Crippen molar-refractivity contribution in [2.24, 2.45) is 39.4 Å². The molecular formula is C30H40O8S. The summed E-state index contributed by atoms with van der Waals surface area (Å²) in [5.41, 5.74) is -0.890. The van der Waals surface area contributed by atoms with Crippen LogP contribution in [-0.2, 0) is 33.4 Å². The second kappa shape index (κ2) is 8.60. The maximum Gasteiger partial charge on any atom is 0.333 e. The third kappa shape index (κ3) is 3.68. The molecule has 6 rings (SSSR count). The van der Waals surface area contributed by atoms with Gasteiger partial charge in [0.1, 0.15) is 11.9 Å². The Kier molecular flexibility index (Phi) is 6.03. The third-order valence-corrected chi connectivity index (χ3v) is 13.1. The number of aliphatic hydroxyl groups is 1. The fourth-order valence-corrected chi connectivity index (χ4v) is 10.5. The first-order chi connectivity index (χ1) is 18.2. The predicted octanol–water partition coefficient (Wildman–Crippen LogP) is 3.82. The smallest absolute Gasteiger partial charge is 0.333 e. The summed E-state index contributed by atoms with van der Waals surface area (Å²) in [6.07, 6.45) is 1.72. The number of carbonyl (C=O) groups is 2. The lowest BCUT2D eigenvalue weighted by Crippen LogP contribution is -2.72. The Bertz CT molecular complexity index is 1300. The van der Waals surface area contributed by atoms with Gasteiger partial charge in [0, 0.05) is 22.7 Å². The molecule has 1 heterocycles. The Morgan fingerprint density at radius 2 is 1.82 bits per heavy atom. The minimum Gasteiger partial charge on any atom is -0.460 e. The predicted molar refractivity (Wildman–Crippen MR) is 141 cm³/mol. The number of hydrogen-bond donors (Lipinski definition) is 1. The van der Waals surface area contributed by atoms with Crippen LogP contribution in [0.15, 0.2) is 29.2 Å². The number of ketones is 1. The molecule has 5 fully saturated rings. The molecule has 0 aromatic heterocycles. The van der Waals surface area contributed by atoms with E-state index in [1.165, 1.54) is 12.1 Å². The van der Waals surface area contributed by atoms with Crippen molar-refractivity contribution >= 4 is 21.9 Å². The van der Waals surface area contributed by atoms with E-state index in [1.54, 1.807) is 12.1 Å². The molecule has 9 heteroatoms. The lowest BCUT2D eigenvalue weighted by molar-refractivity contribution is -0.263. The number of Topliss-reactive ketones (excluding diaryl/α,β-unsaturated/α-hetero) is 1. The van der Waals surface area contributed by atoms with E-state index in [9.17, 15) is 23.1 Å². The van der Waals surface area contributed by atoms with E-state index in [0.717, 1.165) is 24.8 Å². The standard InChI is InChI=1S/C30H40O8S/c1-17-6-8-20(9-7-17)39(34,35)37-15-24(32)38-22-13-27(4,23-14-36-23)25(33)19(3)29-11-10-21(31)30(16-29)12-18(2)28(22,5)26(29)30/h6-9,18-19,22-23,25-26,33H,10-16H2,1-5H3/t18-,19+,22-,23?,25?,26+,27-,28+,29-,30?/m1/s1. The van der Waals surface area contributed by atoms with Gasteiger partial charge in [0.15, 0.2) is 6.61 Å². The fraction of sp³-hybridized carbons (Fsp3) is 0.733. The summed E-state index contributed by atoms with van der Waals surface area (Å²) in [6.45, 7) is 10.1. The number of epoxide rings is 1. The maximum atomic E-state index is 13.4. The lowest BCUT2D eigenvalue weighted by atomic mass is 9.32. The molecule has 0 radical (unpaired) electrons. The number of carbonyl (C=O) groups excluding carboxylic acids is 2. The molecule has 1 aromatic carbocycles. The van der Waals surface area contributed by atoms with Gasteiger partial charge >= 0.3 is 5.97 Å². The lowest BCUT2D eigenvalue weighted by Gasteiger charge is -2.71. The summed E-state index contributed by atoms with van der Waals surface area (Å²) in [5, 5.41) is 11.8. The molecule has 1 saturated heterocycles. The van der Waals surface area contributed by atoms with Gasteiger partial charge in [-0.1, -0.05) is 45.4 Å². The highest BCUT2D eigenvalue weighted by Crippen LogP contribution is 2.82. The van der Waals surface area contributed by atoms with Gasteiger partial charge in [-0.05, 0) is 67.9 Å². The van der Waals surface area contributed by atoms with Crippen LogP contribution in [-0.4, -0.2) is 56.8 Å². The van der Waals surface area contributed by atoms with Gasteiger partial charge < -0.3 is 14.6 Å². The number of hydrogen-bond acceptors (Lipinski definition) is 8. The molecule has 2 bridgehead atoms. The van der Waals surface area contributed by atoms with E-state index in [0.29, 0.717) is 25.2 Å². The minimum absolute atomic E-state index is 0.00178. The second-order valence-corrected chi connectivity index (χ2v) is 15.3. The van der Waals surface area contributed by atoms with Crippen LogP contribution < -0.4 is 0 Å². The van der Waals surface area contributed by atoms with Crippen LogP contribution in [0.2, 0.25) is 0 Å². The number of benzene rings is 1. The summed E-state index contributed by atoms with van der Waals surface area (Å²) in [4.78, 5) is 26.6. The zero-order chi connectivity index (χ0) is 28.2. The molecule has 1 N–H and O–H groups in total. The van der Waals surface area contributed by atoms with Crippen molar-refractivity contribution in [1.29, 1.82) is 0 Å². The quantitative estimate of drug-likeness (QED) is 0.317. The topological polar surface area (TPSA) is 120 Å². The SMILES string of the molecule is Cc1ccc(S(=O)(=O)OCC(=O)O[C@@H]2C[C@](C)(C3CO3)C(O)[C@H](C)[C@]34CCC(=O)C5(C[C@@H](C)[C@]2(C)[C@H]53)C4)cc1. The molecule has 0 spiro atoms. The maximum absolute atomic E-state index is 13.4. The van der Waals surface area contributed by atoms with Gasteiger partial charge in [0.25, 0.3) is 10.1 Å². The van der Waals surface area contributed by atoms with Gasteiger partial charge in [0.05, 0.1) is 23.7 Å². The average molecular weight is 561 g/mol. The number of aliphatic hydroxyl groups excluding tert-OH is 1. The molecule has 8 nitrogen and oxygen atoms in total. The van der Waals surface area contributed by atoms with Crippen LogP contribution in [0.3, 0.4) is 0 Å². The van der Waals surface area contributed by atoms with E-state index in [-0.39, 0.29) is 34.2 Å². The summed E-state index contributed by atoms with van der Waals surface area (Å²) in [7, 11) is -4.14. The van der Waals surface area contributed by atoms with Crippen molar-refractivity contribution in [3.8, 4) is 0 Å². The Morgan fingerprint density at radius 3 is 2.46 bits per heavy atom. The number of aryl methyl sites for hydroxylation is 1. The minimum atomic E-state index is -4.14. The van der Waals surface area contributed by atoms with Crippen molar-refractivity contribution in [3.05, 3.63) is 29.8 Å². The van der Waals surface area contributed by atoms with E-state index < -0.39 is 51.1 Å². The molecule has 39 heavy (non-hydrogen) atoms. The molecule has 10 atom stereocenters. The molecule has 1 aliphatic heterocycles. The van der Waals surface area contributed by atoms with E-state index in [4.69, 9.17) is 13.7 Å². The van der Waals surface area contributed by atoms with Gasteiger partial charge in [-0.25, -0.2) is 4.79 Å². The number of ether oxygens (including phenoxy) is 2. The third-order valence-electron chi connectivity index (χ3n) is 11.9. The Labute approximate surface area is 230 Å². The summed E-state index contributed by atoms with van der Waals surface area (Å²) >= 11 is 0. The largest absolute Gasteiger partial charge is 0.460 e. The Morgan fingerprint density at radius 1 is 1.15 bits per heavy atom. The van der Waals surface area contributed by atoms with Crippen molar-refractivity contribution in [2.75, 3.05) is 13.2 Å². The molecule has 0 amide bonds. The highest BCUT2D eigenvalue weighted by molar-refractivity contribution is 7.86. The molecular weight excluding hydrogens is 520 g/mol. The van der Waals surface area contributed by atoms with E-state index in [1.807, 2.05) is 13.8 Å². The van der Waals surface area contributed by atoms with Crippen molar-refractivity contribution in [3.63, 3.8) is 0 Å². The molecule has 214 valence electrons. The number of rotatable bonds is 6. The summed E-state index contributed by atoms with van der Waals surface area (Å²) in [6, 6.07) is 6.23. The highest BCUT2D eigenvalue weighted by Gasteiger charge is 2.82. The van der Waals surface area contributed by atoms with Crippen molar-refractivity contribution in [1.82, 2.24) is 0 Å². The first kappa shape index (κ1) is 27.4. The fourth-order valence-electron chi connectivity index (χ4n) is 9.66. The molecule has 1 aromatic rings. The van der Waals surface area contributed by atoms with Crippen molar-refractivity contribution < 1.29 is 36.8 Å². The van der Waals surface area contributed by atoms with Crippen LogP contribution in [0, 0.1) is 46.3 Å². The van der Waals surface area contributed by atoms with Crippen molar-refractivity contribution in [2.45, 2.75) is 89.9 Å². The molecule has 3 unspecified atom stereocenters. The highest BCUT2D eigenvalue weighted by atomic mass is 32.2. The van der Waals surface area contributed by atoms with E-state index >= 15 is 0 Å². The zero-order valence-corrected chi connectivity index (χ0v) is 24.3. The second-order valence-electron chi connectivity index (χ2n) is 13.7. The van der Waals surface area contributed by atoms with Gasteiger partial charge in [-0.15, -0.1) is 0 Å².